The smallest absolute Gasteiger partial charge is 0.136 e. The molecule has 2 aromatic rings. The molecule has 0 aliphatic carbocycles. The number of aromatic amines is 1. The van der Waals surface area contributed by atoms with Crippen LogP contribution in [0.1, 0.15) is 0 Å². The number of hydrogen-bond donors (Lipinski definition) is 1. The molecule has 0 atom stereocenters. The summed E-state index contributed by atoms with van der Waals surface area (Å²) in [5.74, 6) is 0.159. The highest BCUT2D eigenvalue weighted by Gasteiger charge is 2.06. The fourth-order valence-corrected chi connectivity index (χ4v) is 1.63. The van der Waals surface area contributed by atoms with E-state index in [1.807, 2.05) is 0 Å². The normalized spacial score (nSPS) is 10.1. The van der Waals surface area contributed by atoms with E-state index in [2.05, 4.69) is 4.98 Å². The summed E-state index contributed by atoms with van der Waals surface area (Å²) in [4.78, 5) is 2.94. The van der Waals surface area contributed by atoms with E-state index in [0.717, 1.165) is 0 Å². The van der Waals surface area contributed by atoms with Gasteiger partial charge in [0.15, 0.2) is 0 Å². The third kappa shape index (κ3) is 2.12. The van der Waals surface area contributed by atoms with Crippen molar-refractivity contribution in [2.24, 2.45) is 0 Å². The summed E-state index contributed by atoms with van der Waals surface area (Å²) < 4.78 is 19.2. The van der Waals surface area contributed by atoms with Gasteiger partial charge in [-0.05, 0) is 24.3 Å². The highest BCUT2D eigenvalue weighted by molar-refractivity contribution is 7.71. The Hall–Kier alpha value is -1.68. The minimum absolute atomic E-state index is 0.337. The van der Waals surface area contributed by atoms with E-state index in [0.29, 0.717) is 21.6 Å². The molecule has 0 bridgehead atoms. The number of aromatic nitrogens is 1. The largest absolute Gasteiger partial charge is 0.497 e. The van der Waals surface area contributed by atoms with E-state index in [9.17, 15) is 4.39 Å². The summed E-state index contributed by atoms with van der Waals surface area (Å²) >= 11 is 4.99. The SMILES string of the molecule is COc1ccc(-c2cccc(=S)[nH]2)c(F)c1. The second-order valence-corrected chi connectivity index (χ2v) is 3.71. The van der Waals surface area contributed by atoms with Crippen molar-refractivity contribution in [1.82, 2.24) is 4.98 Å². The molecule has 0 fully saturated rings. The quantitative estimate of drug-likeness (QED) is 0.805. The predicted molar refractivity (Wildman–Crippen MR) is 63.6 cm³/mol. The molecule has 1 aromatic carbocycles. The molecule has 0 saturated carbocycles. The maximum Gasteiger partial charge on any atom is 0.136 e. The number of ether oxygens (including phenoxy) is 1. The number of nitrogens with one attached hydrogen (secondary N) is 1. The molecule has 2 rings (SSSR count). The molecule has 0 unspecified atom stereocenters. The molecule has 1 N–H and O–H groups in total. The topological polar surface area (TPSA) is 25.0 Å². The molecule has 0 aliphatic heterocycles. The van der Waals surface area contributed by atoms with E-state index < -0.39 is 0 Å². The maximum atomic E-state index is 13.7. The third-order valence-corrected chi connectivity index (χ3v) is 2.47. The van der Waals surface area contributed by atoms with Gasteiger partial charge in [0.1, 0.15) is 16.2 Å². The number of hydrogen-bond acceptors (Lipinski definition) is 2. The fourth-order valence-electron chi connectivity index (χ4n) is 1.45. The van der Waals surface area contributed by atoms with E-state index in [1.165, 1.54) is 13.2 Å². The molecule has 0 amide bonds. The molecule has 4 heteroatoms. The van der Waals surface area contributed by atoms with Crippen LogP contribution in [-0.4, -0.2) is 12.1 Å². The van der Waals surface area contributed by atoms with Gasteiger partial charge in [0.05, 0.1) is 7.11 Å². The van der Waals surface area contributed by atoms with Crippen LogP contribution in [0.2, 0.25) is 0 Å². The molecular formula is C12H10FNOS. The van der Waals surface area contributed by atoms with Crippen molar-refractivity contribution >= 4 is 12.2 Å². The Morgan fingerprint density at radius 2 is 2.06 bits per heavy atom. The van der Waals surface area contributed by atoms with Crippen molar-refractivity contribution in [3.05, 3.63) is 46.9 Å². The highest BCUT2D eigenvalue weighted by atomic mass is 32.1. The Morgan fingerprint density at radius 3 is 2.69 bits per heavy atom. The average molecular weight is 235 g/mol. The Balaban J connectivity index is 2.52. The molecule has 0 aliphatic rings. The molecule has 0 radical (unpaired) electrons. The van der Waals surface area contributed by atoms with Crippen molar-refractivity contribution in [2.45, 2.75) is 0 Å². The standard InChI is InChI=1S/C12H10FNOS/c1-15-8-5-6-9(10(13)7-8)11-3-2-4-12(16)14-11/h2-7H,1H3,(H,14,16). The summed E-state index contributed by atoms with van der Waals surface area (Å²) in [6.07, 6.45) is 0. The second-order valence-electron chi connectivity index (χ2n) is 3.27. The lowest BCUT2D eigenvalue weighted by Gasteiger charge is -2.05. The number of rotatable bonds is 2. The molecule has 1 aromatic heterocycles. The summed E-state index contributed by atoms with van der Waals surface area (Å²) in [5.41, 5.74) is 1.14. The van der Waals surface area contributed by atoms with Gasteiger partial charge < -0.3 is 9.72 Å². The van der Waals surface area contributed by atoms with Crippen molar-refractivity contribution in [2.75, 3.05) is 7.11 Å². The van der Waals surface area contributed by atoms with Crippen LogP contribution in [-0.2, 0) is 0 Å². The first-order valence-corrected chi connectivity index (χ1v) is 5.15. The van der Waals surface area contributed by atoms with Crippen LogP contribution in [0, 0.1) is 10.5 Å². The maximum absolute atomic E-state index is 13.7. The van der Waals surface area contributed by atoms with Gasteiger partial charge in [-0.25, -0.2) is 4.39 Å². The molecule has 1 heterocycles. The van der Waals surface area contributed by atoms with E-state index in [4.69, 9.17) is 17.0 Å². The number of pyridine rings is 1. The van der Waals surface area contributed by atoms with E-state index in [-0.39, 0.29) is 5.82 Å². The summed E-state index contributed by atoms with van der Waals surface area (Å²) in [7, 11) is 1.50. The van der Waals surface area contributed by atoms with Crippen molar-refractivity contribution < 1.29 is 9.13 Å². The lowest BCUT2D eigenvalue weighted by molar-refractivity contribution is 0.411. The number of benzene rings is 1. The zero-order valence-electron chi connectivity index (χ0n) is 8.66. The average Bonchev–Trinajstić information content (AvgIpc) is 2.28. The summed E-state index contributed by atoms with van der Waals surface area (Å²) in [5, 5.41) is 0. The fraction of sp³-hybridized carbons (Fsp3) is 0.0833. The van der Waals surface area contributed by atoms with Gasteiger partial charge in [-0.1, -0.05) is 18.3 Å². The van der Waals surface area contributed by atoms with Gasteiger partial charge >= 0.3 is 0 Å². The molecule has 16 heavy (non-hydrogen) atoms. The van der Waals surface area contributed by atoms with Gasteiger partial charge in [0.25, 0.3) is 0 Å². The number of methoxy groups -OCH3 is 1. The minimum atomic E-state index is -0.337. The Kier molecular flexibility index (Phi) is 3.01. The molecule has 82 valence electrons. The lowest BCUT2D eigenvalue weighted by atomic mass is 10.1. The van der Waals surface area contributed by atoms with Crippen LogP contribution in [0.5, 0.6) is 5.75 Å². The van der Waals surface area contributed by atoms with Crippen LogP contribution < -0.4 is 4.74 Å². The zero-order valence-corrected chi connectivity index (χ0v) is 9.48. The summed E-state index contributed by atoms with van der Waals surface area (Å²) in [6, 6.07) is 10.0. The van der Waals surface area contributed by atoms with Crippen molar-refractivity contribution in [3.63, 3.8) is 0 Å². The Morgan fingerprint density at radius 1 is 1.25 bits per heavy atom. The van der Waals surface area contributed by atoms with E-state index >= 15 is 0 Å². The molecule has 2 nitrogen and oxygen atoms in total. The minimum Gasteiger partial charge on any atom is -0.497 e. The number of H-pyrrole nitrogens is 1. The monoisotopic (exact) mass is 235 g/mol. The van der Waals surface area contributed by atoms with Gasteiger partial charge in [0.2, 0.25) is 0 Å². The van der Waals surface area contributed by atoms with Gasteiger partial charge in [-0.3, -0.25) is 0 Å². The van der Waals surface area contributed by atoms with E-state index in [1.54, 1.807) is 30.3 Å². The summed E-state index contributed by atoms with van der Waals surface area (Å²) in [6.45, 7) is 0. The first kappa shape index (κ1) is 10.8. The van der Waals surface area contributed by atoms with Crippen LogP contribution in [0.25, 0.3) is 11.3 Å². The lowest BCUT2D eigenvalue weighted by Crippen LogP contribution is -1.90. The van der Waals surface area contributed by atoms with Gasteiger partial charge in [-0.2, -0.15) is 0 Å². The number of halogens is 1. The first-order chi connectivity index (χ1) is 7.70. The first-order valence-electron chi connectivity index (χ1n) is 4.74. The Labute approximate surface area is 97.7 Å². The van der Waals surface area contributed by atoms with Crippen molar-refractivity contribution in [3.8, 4) is 17.0 Å². The predicted octanol–water partition coefficient (Wildman–Crippen LogP) is 3.56. The zero-order chi connectivity index (χ0) is 11.5. The molecular weight excluding hydrogens is 225 g/mol. The van der Waals surface area contributed by atoms with Crippen LogP contribution >= 0.6 is 12.2 Å². The van der Waals surface area contributed by atoms with Gasteiger partial charge in [-0.15, -0.1) is 0 Å². The van der Waals surface area contributed by atoms with Crippen molar-refractivity contribution in [1.29, 1.82) is 0 Å². The molecule has 0 spiro atoms. The van der Waals surface area contributed by atoms with Crippen LogP contribution in [0.3, 0.4) is 0 Å². The van der Waals surface area contributed by atoms with Crippen LogP contribution in [0.15, 0.2) is 36.4 Å². The van der Waals surface area contributed by atoms with Crippen LogP contribution in [0.4, 0.5) is 4.39 Å². The highest BCUT2D eigenvalue weighted by Crippen LogP contribution is 2.24. The van der Waals surface area contributed by atoms with Gasteiger partial charge in [0, 0.05) is 17.3 Å². The Bertz CT molecular complexity index is 565. The second kappa shape index (κ2) is 4.45. The molecule has 0 saturated heterocycles. The third-order valence-electron chi connectivity index (χ3n) is 2.23.